The first-order valence-electron chi connectivity index (χ1n) is 8.19. The zero-order chi connectivity index (χ0) is 19.9. The van der Waals surface area contributed by atoms with Crippen LogP contribution in [0.2, 0.25) is 10.0 Å². The first-order valence-corrected chi connectivity index (χ1v) is 8.95. The second kappa shape index (κ2) is 9.30. The Hall–Kier alpha value is -2.96. The molecular formula is C20H16Cl2N2O4. The number of furan rings is 1. The van der Waals surface area contributed by atoms with Crippen LogP contribution in [0.15, 0.2) is 64.1 Å². The van der Waals surface area contributed by atoms with Crippen molar-refractivity contribution in [2.24, 2.45) is 5.10 Å². The zero-order valence-electron chi connectivity index (χ0n) is 14.8. The second-order valence-corrected chi connectivity index (χ2v) is 6.43. The van der Waals surface area contributed by atoms with Gasteiger partial charge in [0.25, 0.3) is 5.91 Å². The molecule has 0 saturated heterocycles. The second-order valence-electron chi connectivity index (χ2n) is 5.59. The molecule has 28 heavy (non-hydrogen) atoms. The number of carbonyl (C=O) groups excluding carboxylic acids is 1. The normalized spacial score (nSPS) is 10.8. The van der Waals surface area contributed by atoms with Gasteiger partial charge in [0, 0.05) is 10.6 Å². The average molecular weight is 419 g/mol. The van der Waals surface area contributed by atoms with Crippen LogP contribution < -0.4 is 14.9 Å². The van der Waals surface area contributed by atoms with Gasteiger partial charge in [-0.2, -0.15) is 5.10 Å². The number of benzene rings is 2. The van der Waals surface area contributed by atoms with Crippen molar-refractivity contribution in [3.8, 4) is 22.8 Å². The lowest BCUT2D eigenvalue weighted by Gasteiger charge is -2.04. The molecule has 1 aromatic heterocycles. The monoisotopic (exact) mass is 418 g/mol. The molecule has 0 aliphatic heterocycles. The van der Waals surface area contributed by atoms with Crippen molar-refractivity contribution in [1.82, 2.24) is 5.43 Å². The maximum atomic E-state index is 11.8. The molecule has 3 rings (SSSR count). The quantitative estimate of drug-likeness (QED) is 0.442. The maximum Gasteiger partial charge on any atom is 0.277 e. The average Bonchev–Trinajstić information content (AvgIpc) is 3.16. The molecule has 0 spiro atoms. The molecule has 6 nitrogen and oxygen atoms in total. The number of nitrogens with one attached hydrogen (secondary N) is 1. The Labute approximate surface area is 171 Å². The maximum absolute atomic E-state index is 11.8. The smallest absolute Gasteiger partial charge is 0.277 e. The zero-order valence-corrected chi connectivity index (χ0v) is 16.3. The summed E-state index contributed by atoms with van der Waals surface area (Å²) in [5.74, 6) is 1.81. The predicted molar refractivity (Wildman–Crippen MR) is 108 cm³/mol. The number of hydrazone groups is 1. The minimum Gasteiger partial charge on any atom is -0.495 e. The Morgan fingerprint density at radius 3 is 2.64 bits per heavy atom. The van der Waals surface area contributed by atoms with Crippen LogP contribution in [0.5, 0.6) is 11.5 Å². The summed E-state index contributed by atoms with van der Waals surface area (Å²) >= 11 is 11.9. The summed E-state index contributed by atoms with van der Waals surface area (Å²) in [5.41, 5.74) is 3.16. The van der Waals surface area contributed by atoms with Crippen molar-refractivity contribution in [3.05, 3.63) is 70.4 Å². The summed E-state index contributed by atoms with van der Waals surface area (Å²) in [5, 5.41) is 4.93. The highest BCUT2D eigenvalue weighted by Crippen LogP contribution is 2.30. The predicted octanol–water partition coefficient (Wildman–Crippen LogP) is 4.79. The third-order valence-corrected chi connectivity index (χ3v) is 4.18. The van der Waals surface area contributed by atoms with Crippen molar-refractivity contribution in [2.75, 3.05) is 13.7 Å². The van der Waals surface area contributed by atoms with Gasteiger partial charge in [-0.15, -0.1) is 0 Å². The van der Waals surface area contributed by atoms with Crippen LogP contribution in [0.25, 0.3) is 11.3 Å². The van der Waals surface area contributed by atoms with Crippen molar-refractivity contribution < 1.29 is 18.7 Å². The molecule has 1 amide bonds. The molecule has 0 aliphatic rings. The first kappa shape index (κ1) is 19.8. The molecule has 2 aromatic carbocycles. The van der Waals surface area contributed by atoms with Crippen LogP contribution in [0.3, 0.4) is 0 Å². The summed E-state index contributed by atoms with van der Waals surface area (Å²) in [6, 6.07) is 15.6. The number of amides is 1. The molecule has 0 atom stereocenters. The third kappa shape index (κ3) is 5.28. The molecular weight excluding hydrogens is 403 g/mol. The van der Waals surface area contributed by atoms with E-state index >= 15 is 0 Å². The van der Waals surface area contributed by atoms with E-state index in [0.717, 1.165) is 5.56 Å². The van der Waals surface area contributed by atoms with E-state index < -0.39 is 5.91 Å². The fraction of sp³-hybridized carbons (Fsp3) is 0.100. The van der Waals surface area contributed by atoms with E-state index in [2.05, 4.69) is 10.5 Å². The Kier molecular flexibility index (Phi) is 6.57. The van der Waals surface area contributed by atoms with Crippen LogP contribution in [0.1, 0.15) is 5.76 Å². The lowest BCUT2D eigenvalue weighted by Crippen LogP contribution is -2.24. The van der Waals surface area contributed by atoms with Crippen molar-refractivity contribution in [1.29, 1.82) is 0 Å². The largest absolute Gasteiger partial charge is 0.495 e. The van der Waals surface area contributed by atoms with Gasteiger partial charge in [-0.1, -0.05) is 23.2 Å². The van der Waals surface area contributed by atoms with Gasteiger partial charge in [-0.25, -0.2) is 5.43 Å². The van der Waals surface area contributed by atoms with Gasteiger partial charge in [0.1, 0.15) is 23.0 Å². The molecule has 0 radical (unpaired) electrons. The first-order chi connectivity index (χ1) is 13.5. The van der Waals surface area contributed by atoms with Crippen LogP contribution >= 0.6 is 23.2 Å². The van der Waals surface area contributed by atoms with Gasteiger partial charge in [-0.05, 0) is 54.6 Å². The summed E-state index contributed by atoms with van der Waals surface area (Å²) in [7, 11) is 1.55. The van der Waals surface area contributed by atoms with Crippen LogP contribution in [0, 0.1) is 0 Å². The molecule has 1 N–H and O–H groups in total. The highest BCUT2D eigenvalue weighted by Gasteiger charge is 2.08. The number of nitrogens with zero attached hydrogens (tertiary/aromatic N) is 1. The lowest BCUT2D eigenvalue weighted by atomic mass is 10.2. The Balaban J connectivity index is 1.53. The fourth-order valence-electron chi connectivity index (χ4n) is 2.28. The number of methoxy groups -OCH3 is 1. The van der Waals surface area contributed by atoms with Crippen molar-refractivity contribution >= 4 is 35.3 Å². The highest BCUT2D eigenvalue weighted by molar-refractivity contribution is 6.32. The van der Waals surface area contributed by atoms with Crippen LogP contribution in [0.4, 0.5) is 0 Å². The van der Waals surface area contributed by atoms with Crippen molar-refractivity contribution in [2.45, 2.75) is 0 Å². The van der Waals surface area contributed by atoms with E-state index in [-0.39, 0.29) is 6.61 Å². The van der Waals surface area contributed by atoms with Gasteiger partial charge in [0.2, 0.25) is 0 Å². The minimum absolute atomic E-state index is 0.174. The van der Waals surface area contributed by atoms with E-state index in [1.54, 1.807) is 55.6 Å². The number of hydrogen-bond acceptors (Lipinski definition) is 5. The summed E-state index contributed by atoms with van der Waals surface area (Å²) < 4.78 is 16.1. The number of hydrogen-bond donors (Lipinski definition) is 1. The fourth-order valence-corrected chi connectivity index (χ4v) is 2.66. The number of halogens is 2. The van der Waals surface area contributed by atoms with Gasteiger partial charge >= 0.3 is 0 Å². The topological polar surface area (TPSA) is 73.1 Å². The van der Waals surface area contributed by atoms with E-state index in [0.29, 0.717) is 33.1 Å². The molecule has 0 bridgehead atoms. The summed E-state index contributed by atoms with van der Waals surface area (Å²) in [4.78, 5) is 11.8. The van der Waals surface area contributed by atoms with Gasteiger partial charge in [-0.3, -0.25) is 4.79 Å². The molecule has 0 aliphatic carbocycles. The summed E-state index contributed by atoms with van der Waals surface area (Å²) in [6.07, 6.45) is 1.40. The van der Waals surface area contributed by atoms with E-state index in [1.165, 1.54) is 6.21 Å². The number of ether oxygens (including phenoxy) is 2. The molecule has 8 heteroatoms. The summed E-state index contributed by atoms with van der Waals surface area (Å²) in [6.45, 7) is -0.174. The van der Waals surface area contributed by atoms with E-state index in [9.17, 15) is 4.79 Å². The molecule has 0 saturated carbocycles. The van der Waals surface area contributed by atoms with Crippen LogP contribution in [-0.2, 0) is 4.79 Å². The van der Waals surface area contributed by atoms with Gasteiger partial charge in [0.15, 0.2) is 6.61 Å². The molecule has 1 heterocycles. The van der Waals surface area contributed by atoms with Crippen molar-refractivity contribution in [3.63, 3.8) is 0 Å². The SMILES string of the molecule is COc1ccc(-c2ccc(/C=N\NC(=O)COc3ccc(Cl)cc3)o2)cc1Cl. The molecule has 0 unspecified atom stereocenters. The standard InChI is InChI=1S/C20H16Cl2N2O4/c1-26-19-8-2-13(10-17(19)22)18-9-7-16(28-18)11-23-24-20(25)12-27-15-5-3-14(21)4-6-15/h2-11H,12H2,1H3,(H,24,25)/b23-11-. The number of carbonyl (C=O) groups is 1. The molecule has 144 valence electrons. The van der Waals surface area contributed by atoms with E-state index in [1.807, 2.05) is 6.07 Å². The van der Waals surface area contributed by atoms with Gasteiger partial charge < -0.3 is 13.9 Å². The van der Waals surface area contributed by atoms with E-state index in [4.69, 9.17) is 37.1 Å². The molecule has 0 fully saturated rings. The molecule has 3 aromatic rings. The number of rotatable bonds is 7. The minimum atomic E-state index is -0.403. The Morgan fingerprint density at radius 2 is 1.93 bits per heavy atom. The van der Waals surface area contributed by atoms with Crippen LogP contribution in [-0.4, -0.2) is 25.8 Å². The Morgan fingerprint density at radius 1 is 1.14 bits per heavy atom. The lowest BCUT2D eigenvalue weighted by molar-refractivity contribution is -0.123. The highest BCUT2D eigenvalue weighted by atomic mass is 35.5. The van der Waals surface area contributed by atoms with Gasteiger partial charge in [0.05, 0.1) is 18.3 Å². The third-order valence-electron chi connectivity index (χ3n) is 3.63. The Bertz CT molecular complexity index is 984.